The van der Waals surface area contributed by atoms with E-state index in [2.05, 4.69) is 4.90 Å². The second kappa shape index (κ2) is 8.91. The molecule has 0 bridgehead atoms. The number of nitrogens with zero attached hydrogens (tertiary/aromatic N) is 3. The number of para-hydroxylation sites is 1. The minimum Gasteiger partial charge on any atom is -0.452 e. The number of ether oxygens (including phenoxy) is 1. The summed E-state index contributed by atoms with van der Waals surface area (Å²) in [6.45, 7) is 3.38. The molecule has 3 rings (SSSR count). The van der Waals surface area contributed by atoms with E-state index < -0.39 is 17.5 Å². The van der Waals surface area contributed by atoms with Gasteiger partial charge in [0.15, 0.2) is 6.61 Å². The van der Waals surface area contributed by atoms with Gasteiger partial charge in [-0.15, -0.1) is 0 Å². The molecule has 1 aliphatic heterocycles. The van der Waals surface area contributed by atoms with E-state index in [0.717, 1.165) is 11.8 Å². The number of rotatable bonds is 5. The molecule has 0 unspecified atom stereocenters. The molecule has 2 aromatic rings. The fraction of sp³-hybridized carbons (Fsp3) is 0.300. The first-order valence-corrected chi connectivity index (χ1v) is 9.44. The third-order valence-electron chi connectivity index (χ3n) is 4.79. The first kappa shape index (κ1) is 20.6. The molecular weight excluding hydrogens is 398 g/mol. The number of benzene rings is 2. The maximum absolute atomic E-state index is 12.4. The van der Waals surface area contributed by atoms with Crippen LogP contribution < -0.4 is 4.90 Å². The van der Waals surface area contributed by atoms with Gasteiger partial charge in [-0.3, -0.25) is 14.9 Å². The summed E-state index contributed by atoms with van der Waals surface area (Å²) >= 11 is 6.22. The van der Waals surface area contributed by atoms with Crippen molar-refractivity contribution >= 4 is 34.9 Å². The Labute approximate surface area is 172 Å². The highest BCUT2D eigenvalue weighted by atomic mass is 35.5. The zero-order chi connectivity index (χ0) is 21.0. The predicted octanol–water partition coefficient (Wildman–Crippen LogP) is 3.06. The molecule has 1 amide bonds. The van der Waals surface area contributed by atoms with Crippen LogP contribution in [0.25, 0.3) is 0 Å². The second-order valence-electron chi connectivity index (χ2n) is 6.65. The van der Waals surface area contributed by atoms with Crippen molar-refractivity contribution in [1.29, 1.82) is 0 Å². The van der Waals surface area contributed by atoms with E-state index in [1.54, 1.807) is 11.8 Å². The molecule has 0 saturated carbocycles. The molecule has 1 fully saturated rings. The van der Waals surface area contributed by atoms with Crippen LogP contribution >= 0.6 is 11.6 Å². The molecule has 0 aromatic heterocycles. The summed E-state index contributed by atoms with van der Waals surface area (Å²) in [5.74, 6) is -1.07. The molecule has 9 heteroatoms. The van der Waals surface area contributed by atoms with Crippen molar-refractivity contribution in [2.75, 3.05) is 37.7 Å². The molecule has 1 aliphatic rings. The smallest absolute Gasteiger partial charge is 0.338 e. The standard InChI is InChI=1S/C20H20ClN3O5/c1-14-6-7-15(12-18(14)24(27)28)20(26)29-13-19(25)23-10-8-22(9-11-23)17-5-3-2-4-16(17)21/h2-7,12H,8-11,13H2,1H3. The molecule has 2 aromatic carbocycles. The second-order valence-corrected chi connectivity index (χ2v) is 7.06. The number of nitro benzene ring substituents is 1. The van der Waals surface area contributed by atoms with Crippen LogP contribution in [0.1, 0.15) is 15.9 Å². The lowest BCUT2D eigenvalue weighted by atomic mass is 10.1. The molecule has 0 aliphatic carbocycles. The van der Waals surface area contributed by atoms with Gasteiger partial charge in [0.25, 0.3) is 11.6 Å². The lowest BCUT2D eigenvalue weighted by molar-refractivity contribution is -0.385. The van der Waals surface area contributed by atoms with E-state index in [1.807, 2.05) is 24.3 Å². The quantitative estimate of drug-likeness (QED) is 0.421. The first-order chi connectivity index (χ1) is 13.9. The molecule has 1 saturated heterocycles. The number of aryl methyl sites for hydroxylation is 1. The fourth-order valence-electron chi connectivity index (χ4n) is 3.14. The van der Waals surface area contributed by atoms with Gasteiger partial charge in [-0.1, -0.05) is 29.8 Å². The van der Waals surface area contributed by atoms with Crippen LogP contribution in [0.3, 0.4) is 0 Å². The third-order valence-corrected chi connectivity index (χ3v) is 5.11. The van der Waals surface area contributed by atoms with Crippen LogP contribution in [-0.2, 0) is 9.53 Å². The van der Waals surface area contributed by atoms with Gasteiger partial charge in [0.1, 0.15) is 0 Å². The molecule has 0 N–H and O–H groups in total. The van der Waals surface area contributed by atoms with Crippen molar-refractivity contribution < 1.29 is 19.2 Å². The van der Waals surface area contributed by atoms with Gasteiger partial charge in [0.2, 0.25) is 0 Å². The monoisotopic (exact) mass is 417 g/mol. The predicted molar refractivity (Wildman–Crippen MR) is 108 cm³/mol. The van der Waals surface area contributed by atoms with Crippen molar-refractivity contribution in [2.45, 2.75) is 6.92 Å². The third kappa shape index (κ3) is 4.83. The van der Waals surface area contributed by atoms with Crippen molar-refractivity contribution in [2.24, 2.45) is 0 Å². The Morgan fingerprint density at radius 1 is 1.14 bits per heavy atom. The first-order valence-electron chi connectivity index (χ1n) is 9.06. The number of carbonyl (C=O) groups excluding carboxylic acids is 2. The molecule has 152 valence electrons. The molecule has 8 nitrogen and oxygen atoms in total. The van der Waals surface area contributed by atoms with Gasteiger partial charge in [0, 0.05) is 37.8 Å². The SMILES string of the molecule is Cc1ccc(C(=O)OCC(=O)N2CCN(c3ccccc3Cl)CC2)cc1[N+](=O)[O-]. The van der Waals surface area contributed by atoms with E-state index >= 15 is 0 Å². The van der Waals surface area contributed by atoms with Crippen LogP contribution in [0.15, 0.2) is 42.5 Å². The minimum atomic E-state index is -0.767. The van der Waals surface area contributed by atoms with Gasteiger partial charge in [0.05, 0.1) is 21.2 Å². The van der Waals surface area contributed by atoms with Crippen molar-refractivity contribution in [3.8, 4) is 0 Å². The van der Waals surface area contributed by atoms with E-state index in [9.17, 15) is 19.7 Å². The zero-order valence-electron chi connectivity index (χ0n) is 15.8. The summed E-state index contributed by atoms with van der Waals surface area (Å²) in [4.78, 5) is 38.7. The maximum Gasteiger partial charge on any atom is 0.338 e. The summed E-state index contributed by atoms with van der Waals surface area (Å²) < 4.78 is 5.06. The Kier molecular flexibility index (Phi) is 6.33. The summed E-state index contributed by atoms with van der Waals surface area (Å²) in [5, 5.41) is 11.7. The van der Waals surface area contributed by atoms with Gasteiger partial charge in [-0.25, -0.2) is 4.79 Å². The topological polar surface area (TPSA) is 93.0 Å². The fourth-order valence-corrected chi connectivity index (χ4v) is 3.40. The number of halogens is 1. The van der Waals surface area contributed by atoms with Crippen LogP contribution in [0.4, 0.5) is 11.4 Å². The van der Waals surface area contributed by atoms with E-state index in [0.29, 0.717) is 36.8 Å². The van der Waals surface area contributed by atoms with Crippen molar-refractivity contribution in [3.05, 3.63) is 68.7 Å². The summed E-state index contributed by atoms with van der Waals surface area (Å²) in [6, 6.07) is 11.6. The summed E-state index contributed by atoms with van der Waals surface area (Å²) in [7, 11) is 0. The molecule has 0 radical (unpaired) electrons. The van der Waals surface area contributed by atoms with Crippen LogP contribution in [0.5, 0.6) is 0 Å². The highest BCUT2D eigenvalue weighted by molar-refractivity contribution is 6.33. The lowest BCUT2D eigenvalue weighted by Crippen LogP contribution is -2.50. The Morgan fingerprint density at radius 3 is 2.48 bits per heavy atom. The van der Waals surface area contributed by atoms with E-state index in [1.165, 1.54) is 12.1 Å². The van der Waals surface area contributed by atoms with E-state index in [-0.39, 0.29) is 17.2 Å². The van der Waals surface area contributed by atoms with Gasteiger partial charge in [-0.2, -0.15) is 0 Å². The molecule has 0 spiro atoms. The van der Waals surface area contributed by atoms with Crippen LogP contribution in [0, 0.1) is 17.0 Å². The number of hydrogen-bond donors (Lipinski definition) is 0. The van der Waals surface area contributed by atoms with Crippen LogP contribution in [-0.4, -0.2) is 54.5 Å². The Bertz CT molecular complexity index is 941. The maximum atomic E-state index is 12.4. The number of piperazine rings is 1. The summed E-state index contributed by atoms with van der Waals surface area (Å²) in [6.07, 6.45) is 0. The van der Waals surface area contributed by atoms with Crippen molar-refractivity contribution in [3.63, 3.8) is 0 Å². The molecular formula is C20H20ClN3O5. The van der Waals surface area contributed by atoms with Gasteiger partial charge < -0.3 is 14.5 Å². The summed E-state index contributed by atoms with van der Waals surface area (Å²) in [5.41, 5.74) is 1.24. The largest absolute Gasteiger partial charge is 0.452 e. The minimum absolute atomic E-state index is 0.0404. The number of hydrogen-bond acceptors (Lipinski definition) is 6. The Morgan fingerprint density at radius 2 is 1.83 bits per heavy atom. The number of esters is 1. The normalized spacial score (nSPS) is 13.9. The molecule has 29 heavy (non-hydrogen) atoms. The lowest BCUT2D eigenvalue weighted by Gasteiger charge is -2.36. The molecule has 1 heterocycles. The van der Waals surface area contributed by atoms with Gasteiger partial charge in [-0.05, 0) is 25.1 Å². The van der Waals surface area contributed by atoms with Gasteiger partial charge >= 0.3 is 5.97 Å². The zero-order valence-corrected chi connectivity index (χ0v) is 16.6. The highest BCUT2D eigenvalue weighted by Gasteiger charge is 2.24. The average molecular weight is 418 g/mol. The molecule has 0 atom stereocenters. The van der Waals surface area contributed by atoms with Crippen molar-refractivity contribution in [1.82, 2.24) is 4.90 Å². The Balaban J connectivity index is 1.53. The number of amides is 1. The highest BCUT2D eigenvalue weighted by Crippen LogP contribution is 2.26. The number of carbonyl (C=O) groups is 2. The Hall–Kier alpha value is -3.13. The number of nitro groups is 1. The van der Waals surface area contributed by atoms with E-state index in [4.69, 9.17) is 16.3 Å². The van der Waals surface area contributed by atoms with Crippen LogP contribution in [0.2, 0.25) is 5.02 Å². The average Bonchev–Trinajstić information content (AvgIpc) is 2.72. The number of anilines is 1.